The molecule has 62 valence electrons. The maximum absolute atomic E-state index is 11.1. The quantitative estimate of drug-likeness (QED) is 0.464. The largest absolute Gasteiger partial charge is 0.361 e. The highest BCUT2D eigenvalue weighted by Gasteiger charge is 2.09. The van der Waals surface area contributed by atoms with Crippen molar-refractivity contribution in [2.24, 2.45) is 0 Å². The minimum atomic E-state index is 0.0754. The van der Waals surface area contributed by atoms with Crippen molar-refractivity contribution in [3.05, 3.63) is 17.3 Å². The monoisotopic (exact) mass is 161 g/mol. The first-order chi connectivity index (χ1) is 5.57. The van der Waals surface area contributed by atoms with Gasteiger partial charge < -0.3 is 4.57 Å². The van der Waals surface area contributed by atoms with E-state index in [0.717, 1.165) is 17.7 Å². The van der Waals surface area contributed by atoms with Gasteiger partial charge in [0.15, 0.2) is 5.78 Å². The molecule has 0 unspecified atom stereocenters. The summed E-state index contributed by atoms with van der Waals surface area (Å²) >= 11 is 0. The van der Waals surface area contributed by atoms with E-state index in [2.05, 4.69) is 0 Å². The number of hydrogen-bond acceptors (Lipinski definition) is 1. The Morgan fingerprint density at radius 2 is 2.25 bits per heavy atom. The predicted octanol–water partition coefficient (Wildman–Crippen LogP) is 0.813. The van der Waals surface area contributed by atoms with Crippen LogP contribution in [0.15, 0.2) is 6.20 Å². The summed E-state index contributed by atoms with van der Waals surface area (Å²) in [5.74, 6) is 0.0754. The first-order valence-electron chi connectivity index (χ1n) is 4.04. The second-order valence-electron chi connectivity index (χ2n) is 2.90. The van der Waals surface area contributed by atoms with Crippen molar-refractivity contribution in [3.63, 3.8) is 0 Å². The van der Waals surface area contributed by atoms with Gasteiger partial charge in [-0.1, -0.05) is 0 Å². The zero-order valence-electron chi connectivity index (χ0n) is 7.72. The number of nitrogens with zero attached hydrogens (tertiary/aromatic N) is 1. The van der Waals surface area contributed by atoms with E-state index >= 15 is 0 Å². The molecule has 1 aromatic heterocycles. The molecule has 0 aliphatic carbocycles. The molecule has 1 rings (SSSR count). The molecule has 0 saturated heterocycles. The fourth-order valence-electron chi connectivity index (χ4n) is 1.29. The van der Waals surface area contributed by atoms with Gasteiger partial charge in [0.25, 0.3) is 0 Å². The first kappa shape index (κ1) is 9.11. The van der Waals surface area contributed by atoms with Crippen LogP contribution in [0.3, 0.4) is 0 Å². The van der Waals surface area contributed by atoms with Crippen molar-refractivity contribution in [2.45, 2.75) is 27.3 Å². The lowest BCUT2D eigenvalue weighted by molar-refractivity contribution is 0.101. The molecule has 0 bridgehead atoms. The molecule has 0 N–H and O–H groups in total. The highest BCUT2D eigenvalue weighted by atomic mass is 16.1. The number of carbonyl (C=O) groups excluding carboxylic acids is 1. The summed E-state index contributed by atoms with van der Waals surface area (Å²) in [5, 5.41) is 0. The van der Waals surface area contributed by atoms with Crippen LogP contribution >= 0.6 is 0 Å². The van der Waals surface area contributed by atoms with E-state index in [0.29, 0.717) is 5.59 Å². The van der Waals surface area contributed by atoms with Crippen LogP contribution in [0.4, 0.5) is 0 Å². The van der Waals surface area contributed by atoms with Crippen LogP contribution < -0.4 is 5.59 Å². The van der Waals surface area contributed by atoms with Gasteiger partial charge in [0.05, 0.1) is 0 Å². The standard InChI is InChI=1S/C9H12BNO/c1-4-11-5-8(7(3)12)6(2)9(11)10/h5H,4H2,1-3H3. The molecule has 0 aromatic carbocycles. The number of aromatic nitrogens is 1. The van der Waals surface area contributed by atoms with E-state index in [9.17, 15) is 4.79 Å². The topological polar surface area (TPSA) is 22.0 Å². The SMILES string of the molecule is [B]c1c(C)c(C(C)=O)cn1CC. The molecule has 1 heterocycles. The fraction of sp³-hybridized carbons (Fsp3) is 0.444. The Balaban J connectivity index is 3.25. The second kappa shape index (κ2) is 3.17. The Kier molecular flexibility index (Phi) is 2.41. The van der Waals surface area contributed by atoms with Crippen LogP contribution in [-0.2, 0) is 6.54 Å². The van der Waals surface area contributed by atoms with Crippen LogP contribution in [0, 0.1) is 6.92 Å². The van der Waals surface area contributed by atoms with Crippen molar-refractivity contribution >= 4 is 19.2 Å². The van der Waals surface area contributed by atoms with Gasteiger partial charge >= 0.3 is 0 Å². The summed E-state index contributed by atoms with van der Waals surface area (Å²) in [6.07, 6.45) is 1.81. The van der Waals surface area contributed by atoms with Crippen molar-refractivity contribution < 1.29 is 4.79 Å². The van der Waals surface area contributed by atoms with Crippen molar-refractivity contribution in [1.82, 2.24) is 4.57 Å². The smallest absolute Gasteiger partial charge is 0.161 e. The Hall–Kier alpha value is -0.985. The number of carbonyl (C=O) groups is 1. The molecule has 3 heteroatoms. The maximum Gasteiger partial charge on any atom is 0.161 e. The normalized spacial score (nSPS) is 10.2. The molecule has 0 aliphatic heterocycles. The van der Waals surface area contributed by atoms with E-state index < -0.39 is 0 Å². The molecular weight excluding hydrogens is 149 g/mol. The van der Waals surface area contributed by atoms with Gasteiger partial charge in [-0.15, -0.1) is 0 Å². The lowest BCUT2D eigenvalue weighted by Crippen LogP contribution is -2.17. The summed E-state index contributed by atoms with van der Waals surface area (Å²) in [7, 11) is 5.76. The average molecular weight is 161 g/mol. The molecule has 1 aromatic rings. The molecule has 2 radical (unpaired) electrons. The van der Waals surface area contributed by atoms with Crippen LogP contribution in [0.5, 0.6) is 0 Å². The third-order valence-corrected chi connectivity index (χ3v) is 2.10. The number of hydrogen-bond donors (Lipinski definition) is 0. The summed E-state index contributed by atoms with van der Waals surface area (Å²) in [5.41, 5.74) is 2.32. The number of Topliss-reactive ketones (excluding diaryl/α,β-unsaturated/α-hetero) is 1. The Morgan fingerprint density at radius 1 is 1.67 bits per heavy atom. The van der Waals surface area contributed by atoms with E-state index in [-0.39, 0.29) is 5.78 Å². The Morgan fingerprint density at radius 3 is 2.50 bits per heavy atom. The molecule has 2 nitrogen and oxygen atoms in total. The molecule has 12 heavy (non-hydrogen) atoms. The lowest BCUT2D eigenvalue weighted by atomic mass is 9.97. The van der Waals surface area contributed by atoms with Gasteiger partial charge in [-0.2, -0.15) is 0 Å². The number of aryl methyl sites for hydroxylation is 1. The lowest BCUT2D eigenvalue weighted by Gasteiger charge is -2.00. The summed E-state index contributed by atoms with van der Waals surface area (Å²) in [6, 6.07) is 0. The average Bonchev–Trinajstić information content (AvgIpc) is 2.30. The van der Waals surface area contributed by atoms with Gasteiger partial charge in [0.1, 0.15) is 7.85 Å². The molecule has 0 amide bonds. The fourth-order valence-corrected chi connectivity index (χ4v) is 1.29. The van der Waals surface area contributed by atoms with E-state index in [1.54, 1.807) is 6.92 Å². The predicted molar refractivity (Wildman–Crippen MR) is 50.2 cm³/mol. The Bertz CT molecular complexity index is 315. The summed E-state index contributed by atoms with van der Waals surface area (Å²) < 4.78 is 1.88. The third-order valence-electron chi connectivity index (χ3n) is 2.10. The zero-order chi connectivity index (χ0) is 9.30. The van der Waals surface area contributed by atoms with Crippen molar-refractivity contribution in [1.29, 1.82) is 0 Å². The molecular formula is C9H12BNO. The van der Waals surface area contributed by atoms with Gasteiger partial charge in [-0.05, 0) is 31.9 Å². The maximum atomic E-state index is 11.1. The molecule has 0 spiro atoms. The summed E-state index contributed by atoms with van der Waals surface area (Å²) in [6.45, 7) is 6.24. The molecule has 0 aliphatic rings. The third kappa shape index (κ3) is 1.31. The zero-order valence-corrected chi connectivity index (χ0v) is 7.72. The number of ketones is 1. The minimum Gasteiger partial charge on any atom is -0.361 e. The van der Waals surface area contributed by atoms with Gasteiger partial charge in [-0.25, -0.2) is 0 Å². The minimum absolute atomic E-state index is 0.0754. The highest BCUT2D eigenvalue weighted by Crippen LogP contribution is 2.06. The van der Waals surface area contributed by atoms with E-state index in [1.165, 1.54) is 0 Å². The highest BCUT2D eigenvalue weighted by molar-refractivity contribution is 6.32. The second-order valence-corrected chi connectivity index (χ2v) is 2.90. The van der Waals surface area contributed by atoms with E-state index in [1.807, 2.05) is 24.6 Å². The van der Waals surface area contributed by atoms with Crippen LogP contribution in [0.1, 0.15) is 29.8 Å². The molecule has 0 saturated carbocycles. The van der Waals surface area contributed by atoms with Gasteiger partial charge in [0, 0.05) is 18.3 Å². The van der Waals surface area contributed by atoms with Gasteiger partial charge in [0.2, 0.25) is 0 Å². The van der Waals surface area contributed by atoms with E-state index in [4.69, 9.17) is 7.85 Å². The van der Waals surface area contributed by atoms with Crippen LogP contribution in [0.25, 0.3) is 0 Å². The van der Waals surface area contributed by atoms with Crippen molar-refractivity contribution in [2.75, 3.05) is 0 Å². The molecule has 0 atom stereocenters. The van der Waals surface area contributed by atoms with Crippen LogP contribution in [-0.4, -0.2) is 18.2 Å². The summed E-state index contributed by atoms with van der Waals surface area (Å²) in [4.78, 5) is 11.1. The first-order valence-corrected chi connectivity index (χ1v) is 4.04. The van der Waals surface area contributed by atoms with Crippen molar-refractivity contribution in [3.8, 4) is 0 Å². The number of rotatable bonds is 2. The Labute approximate surface area is 74.0 Å². The van der Waals surface area contributed by atoms with Gasteiger partial charge in [-0.3, -0.25) is 4.79 Å². The molecule has 0 fully saturated rings. The van der Waals surface area contributed by atoms with Crippen LogP contribution in [0.2, 0.25) is 0 Å².